The second-order valence-electron chi connectivity index (χ2n) is 8.53. The van der Waals surface area contributed by atoms with E-state index in [0.717, 1.165) is 16.8 Å². The Labute approximate surface area is 224 Å². The predicted octanol–water partition coefficient (Wildman–Crippen LogP) is 4.39. The molecule has 2 heterocycles. The van der Waals surface area contributed by atoms with Crippen LogP contribution < -0.4 is 20.4 Å². The Morgan fingerprint density at radius 3 is 2.51 bits per heavy atom. The molecule has 198 valence electrons. The molecule has 4 aromatic rings. The third-order valence-corrected chi connectivity index (χ3v) is 5.74. The third-order valence-electron chi connectivity index (χ3n) is 5.74. The van der Waals surface area contributed by atoms with Crippen molar-refractivity contribution in [3.8, 4) is 5.75 Å². The summed E-state index contributed by atoms with van der Waals surface area (Å²) in [5, 5.41) is 18.3. The number of hydrazone groups is 1. The lowest BCUT2D eigenvalue weighted by molar-refractivity contribution is -0.384. The van der Waals surface area contributed by atoms with Crippen molar-refractivity contribution in [1.29, 1.82) is 0 Å². The van der Waals surface area contributed by atoms with Gasteiger partial charge in [0.2, 0.25) is 17.8 Å². The van der Waals surface area contributed by atoms with Crippen molar-refractivity contribution >= 4 is 35.4 Å². The summed E-state index contributed by atoms with van der Waals surface area (Å²) in [6.07, 6.45) is 1.64. The van der Waals surface area contributed by atoms with Gasteiger partial charge in [-0.05, 0) is 47.5 Å². The Morgan fingerprint density at radius 1 is 0.974 bits per heavy atom. The molecule has 0 radical (unpaired) electrons. The summed E-state index contributed by atoms with van der Waals surface area (Å²) in [5.41, 5.74) is 5.43. The molecule has 1 aromatic heterocycles. The molecule has 0 amide bonds. The first-order valence-corrected chi connectivity index (χ1v) is 12.3. The van der Waals surface area contributed by atoms with Crippen LogP contribution in [0.2, 0.25) is 0 Å². The van der Waals surface area contributed by atoms with Crippen LogP contribution in [0.3, 0.4) is 0 Å². The van der Waals surface area contributed by atoms with Gasteiger partial charge >= 0.3 is 0 Å². The largest absolute Gasteiger partial charge is 0.489 e. The van der Waals surface area contributed by atoms with Crippen LogP contribution in [0.1, 0.15) is 11.1 Å². The lowest BCUT2D eigenvalue weighted by Gasteiger charge is -2.27. The van der Waals surface area contributed by atoms with E-state index in [1.165, 1.54) is 12.1 Å². The monoisotopic (exact) mass is 526 g/mol. The fourth-order valence-electron chi connectivity index (χ4n) is 3.76. The van der Waals surface area contributed by atoms with Gasteiger partial charge in [-0.3, -0.25) is 10.1 Å². The van der Waals surface area contributed by atoms with Crippen LogP contribution in [0.15, 0.2) is 84.0 Å². The fourth-order valence-corrected chi connectivity index (χ4v) is 3.76. The van der Waals surface area contributed by atoms with Crippen LogP contribution in [0, 0.1) is 10.1 Å². The van der Waals surface area contributed by atoms with E-state index < -0.39 is 4.92 Å². The molecule has 12 nitrogen and oxygen atoms in total. The van der Waals surface area contributed by atoms with Gasteiger partial charge in [0.15, 0.2) is 0 Å². The molecule has 0 unspecified atom stereocenters. The van der Waals surface area contributed by atoms with Crippen molar-refractivity contribution in [2.45, 2.75) is 6.61 Å². The van der Waals surface area contributed by atoms with E-state index in [1.54, 1.807) is 18.3 Å². The molecule has 1 aliphatic heterocycles. The first-order valence-electron chi connectivity index (χ1n) is 12.3. The minimum Gasteiger partial charge on any atom is -0.489 e. The minimum atomic E-state index is -0.428. The van der Waals surface area contributed by atoms with E-state index in [4.69, 9.17) is 9.47 Å². The van der Waals surface area contributed by atoms with Gasteiger partial charge in [-0.2, -0.15) is 20.1 Å². The molecule has 2 N–H and O–H groups in total. The number of hydrogen-bond donors (Lipinski definition) is 2. The molecule has 0 atom stereocenters. The van der Waals surface area contributed by atoms with Crippen molar-refractivity contribution < 1.29 is 14.4 Å². The maximum absolute atomic E-state index is 10.8. The third kappa shape index (κ3) is 7.23. The summed E-state index contributed by atoms with van der Waals surface area (Å²) in [7, 11) is 0. The van der Waals surface area contributed by atoms with Crippen LogP contribution in [0.25, 0.3) is 0 Å². The number of non-ortho nitro benzene ring substituents is 1. The van der Waals surface area contributed by atoms with Gasteiger partial charge in [0.05, 0.1) is 24.4 Å². The van der Waals surface area contributed by atoms with E-state index in [0.29, 0.717) is 49.9 Å². The van der Waals surface area contributed by atoms with Crippen molar-refractivity contribution in [3.05, 3.63) is 100 Å². The van der Waals surface area contributed by atoms with Crippen LogP contribution in [0.4, 0.5) is 29.2 Å². The number of nitrogens with one attached hydrogen (secondary N) is 2. The molecular formula is C27H26N8O4. The Kier molecular flexibility index (Phi) is 8.14. The highest BCUT2D eigenvalue weighted by molar-refractivity contribution is 5.80. The number of morpholine rings is 1. The molecule has 0 saturated carbocycles. The zero-order valence-corrected chi connectivity index (χ0v) is 20.9. The summed E-state index contributed by atoms with van der Waals surface area (Å²) in [5.74, 6) is 1.87. The molecule has 0 aliphatic carbocycles. The van der Waals surface area contributed by atoms with E-state index in [9.17, 15) is 10.1 Å². The predicted molar refractivity (Wildman–Crippen MR) is 148 cm³/mol. The summed E-state index contributed by atoms with van der Waals surface area (Å²) in [6.45, 7) is 2.87. The number of ether oxygens (including phenoxy) is 2. The van der Waals surface area contributed by atoms with E-state index in [-0.39, 0.29) is 12.3 Å². The molecule has 1 fully saturated rings. The average Bonchev–Trinajstić information content (AvgIpc) is 2.97. The SMILES string of the molecule is O=[N+]([O-])c1ccc(COc2cccc(/C=N\Nc3nc(Nc4ccccc4)nc(N4CCOCC4)n3)c2)cc1. The molecule has 1 saturated heterocycles. The van der Waals surface area contributed by atoms with Gasteiger partial charge in [-0.1, -0.05) is 30.3 Å². The van der Waals surface area contributed by atoms with Gasteiger partial charge < -0.3 is 19.7 Å². The maximum atomic E-state index is 10.8. The first kappa shape index (κ1) is 25.5. The zero-order chi connectivity index (χ0) is 26.9. The van der Waals surface area contributed by atoms with Crippen LogP contribution in [-0.2, 0) is 11.3 Å². The summed E-state index contributed by atoms with van der Waals surface area (Å²) in [4.78, 5) is 26.0. The molecule has 0 spiro atoms. The number of benzene rings is 3. The van der Waals surface area contributed by atoms with E-state index in [1.807, 2.05) is 59.5 Å². The zero-order valence-electron chi connectivity index (χ0n) is 20.9. The highest BCUT2D eigenvalue weighted by Gasteiger charge is 2.16. The van der Waals surface area contributed by atoms with Gasteiger partial charge in [0, 0.05) is 30.9 Å². The number of nitro benzene ring substituents is 1. The minimum absolute atomic E-state index is 0.0441. The molecule has 1 aliphatic rings. The van der Waals surface area contributed by atoms with Crippen molar-refractivity contribution in [2.24, 2.45) is 5.10 Å². The van der Waals surface area contributed by atoms with Gasteiger partial charge in [-0.25, -0.2) is 5.43 Å². The Balaban J connectivity index is 1.25. The maximum Gasteiger partial charge on any atom is 0.269 e. The summed E-state index contributed by atoms with van der Waals surface area (Å²) >= 11 is 0. The first-order chi connectivity index (χ1) is 19.1. The number of rotatable bonds is 10. The number of hydrogen-bond acceptors (Lipinski definition) is 11. The van der Waals surface area contributed by atoms with Crippen molar-refractivity contribution in [1.82, 2.24) is 15.0 Å². The van der Waals surface area contributed by atoms with Crippen molar-refractivity contribution in [3.63, 3.8) is 0 Å². The van der Waals surface area contributed by atoms with E-state index in [2.05, 4.69) is 30.8 Å². The Hall–Kier alpha value is -5.10. The number of nitrogens with zero attached hydrogens (tertiary/aromatic N) is 6. The number of aromatic nitrogens is 3. The average molecular weight is 527 g/mol. The van der Waals surface area contributed by atoms with Crippen LogP contribution in [0.5, 0.6) is 5.75 Å². The molecule has 3 aromatic carbocycles. The quantitative estimate of drug-likeness (QED) is 0.174. The molecule has 0 bridgehead atoms. The molecular weight excluding hydrogens is 500 g/mol. The second-order valence-corrected chi connectivity index (χ2v) is 8.53. The number of anilines is 4. The fraction of sp³-hybridized carbons (Fsp3) is 0.185. The smallest absolute Gasteiger partial charge is 0.269 e. The Bertz CT molecular complexity index is 1430. The van der Waals surface area contributed by atoms with Gasteiger partial charge in [0.1, 0.15) is 12.4 Å². The highest BCUT2D eigenvalue weighted by Crippen LogP contribution is 2.19. The summed E-state index contributed by atoms with van der Waals surface area (Å²) in [6, 6.07) is 23.3. The molecule has 39 heavy (non-hydrogen) atoms. The standard InChI is InChI=1S/C27H26N8O4/c36-35(37)23-11-9-20(10-12-23)19-39-24-8-4-5-21(17-24)18-28-33-26-30-25(29-22-6-2-1-3-7-22)31-27(32-26)34-13-15-38-16-14-34/h1-12,17-18H,13-16,19H2,(H2,29,30,31,32,33)/b28-18-. The Morgan fingerprint density at radius 2 is 1.74 bits per heavy atom. The number of para-hydroxylation sites is 1. The summed E-state index contributed by atoms with van der Waals surface area (Å²) < 4.78 is 11.3. The lowest BCUT2D eigenvalue weighted by atomic mass is 10.2. The molecule has 5 rings (SSSR count). The molecule has 12 heteroatoms. The number of nitro groups is 1. The van der Waals surface area contributed by atoms with Crippen molar-refractivity contribution in [2.75, 3.05) is 41.9 Å². The highest BCUT2D eigenvalue weighted by atomic mass is 16.6. The van der Waals surface area contributed by atoms with Gasteiger partial charge in [0.25, 0.3) is 5.69 Å². The van der Waals surface area contributed by atoms with E-state index >= 15 is 0 Å². The normalized spacial score (nSPS) is 13.3. The van der Waals surface area contributed by atoms with Crippen LogP contribution >= 0.6 is 0 Å². The van der Waals surface area contributed by atoms with Gasteiger partial charge in [-0.15, -0.1) is 0 Å². The van der Waals surface area contributed by atoms with Crippen LogP contribution in [-0.4, -0.2) is 52.4 Å². The second kappa shape index (κ2) is 12.4. The lowest BCUT2D eigenvalue weighted by Crippen LogP contribution is -2.37. The topological polar surface area (TPSA) is 140 Å².